The summed E-state index contributed by atoms with van der Waals surface area (Å²) in [4.78, 5) is 0. The first-order valence-electron chi connectivity index (χ1n) is 6.69. The molecule has 2 rings (SSSR count). The minimum Gasteiger partial charge on any atom is -0.332 e. The Labute approximate surface area is 125 Å². The molecule has 20 heavy (non-hydrogen) atoms. The Balaban J connectivity index is 2.09. The number of nitrogens with one attached hydrogen (secondary N) is 2. The lowest BCUT2D eigenvalue weighted by atomic mass is 10.1. The number of benzene rings is 1. The van der Waals surface area contributed by atoms with E-state index in [4.69, 9.17) is 12.2 Å². The molecule has 0 aliphatic heterocycles. The lowest BCUT2D eigenvalue weighted by Crippen LogP contribution is -2.20. The maximum absolute atomic E-state index is 5.37. The third-order valence-corrected chi connectivity index (χ3v) is 3.50. The van der Waals surface area contributed by atoms with E-state index in [9.17, 15) is 0 Å². The van der Waals surface area contributed by atoms with Crippen LogP contribution in [0.15, 0.2) is 24.4 Å². The fourth-order valence-electron chi connectivity index (χ4n) is 2.03. The lowest BCUT2D eigenvalue weighted by molar-refractivity contribution is 0.640. The largest absolute Gasteiger partial charge is 0.332 e. The monoisotopic (exact) mass is 288 g/mol. The maximum atomic E-state index is 5.37. The van der Waals surface area contributed by atoms with Gasteiger partial charge in [-0.05, 0) is 57.1 Å². The maximum Gasteiger partial charge on any atom is 0.175 e. The number of aryl methyl sites for hydroxylation is 3. The van der Waals surface area contributed by atoms with E-state index in [0.717, 1.165) is 23.6 Å². The highest BCUT2D eigenvalue weighted by Crippen LogP contribution is 2.18. The van der Waals surface area contributed by atoms with E-state index >= 15 is 0 Å². The molecule has 0 aliphatic rings. The molecule has 0 amide bonds. The zero-order valence-corrected chi connectivity index (χ0v) is 13.1. The molecule has 5 heteroatoms. The van der Waals surface area contributed by atoms with Gasteiger partial charge in [0.2, 0.25) is 0 Å². The van der Waals surface area contributed by atoms with Crippen molar-refractivity contribution in [1.29, 1.82) is 0 Å². The van der Waals surface area contributed by atoms with Crippen molar-refractivity contribution >= 4 is 28.7 Å². The molecule has 0 radical (unpaired) electrons. The molecule has 0 saturated carbocycles. The first kappa shape index (κ1) is 14.5. The number of thiocarbonyl (C=S) groups is 1. The van der Waals surface area contributed by atoms with Gasteiger partial charge in [-0.1, -0.05) is 12.1 Å². The molecule has 0 aliphatic carbocycles. The molecule has 0 fully saturated rings. The summed E-state index contributed by atoms with van der Waals surface area (Å²) in [6.45, 7) is 9.07. The molecule has 0 unspecified atom stereocenters. The van der Waals surface area contributed by atoms with Gasteiger partial charge in [0.15, 0.2) is 5.11 Å². The van der Waals surface area contributed by atoms with Crippen LogP contribution in [0.2, 0.25) is 0 Å². The Morgan fingerprint density at radius 3 is 2.55 bits per heavy atom. The van der Waals surface area contributed by atoms with Gasteiger partial charge in [-0.25, -0.2) is 0 Å². The summed E-state index contributed by atoms with van der Waals surface area (Å²) < 4.78 is 1.93. The summed E-state index contributed by atoms with van der Waals surface area (Å²) in [5, 5.41) is 11.3. The summed E-state index contributed by atoms with van der Waals surface area (Å²) in [5.74, 6) is 0. The molecule has 0 saturated heterocycles. The predicted octanol–water partition coefficient (Wildman–Crippen LogP) is 3.64. The van der Waals surface area contributed by atoms with Crippen molar-refractivity contribution in [2.45, 2.75) is 34.2 Å². The van der Waals surface area contributed by atoms with Crippen LogP contribution in [0.5, 0.6) is 0 Å². The van der Waals surface area contributed by atoms with Gasteiger partial charge in [-0.3, -0.25) is 4.68 Å². The van der Waals surface area contributed by atoms with Gasteiger partial charge < -0.3 is 10.6 Å². The van der Waals surface area contributed by atoms with Crippen LogP contribution in [0.3, 0.4) is 0 Å². The van der Waals surface area contributed by atoms with Gasteiger partial charge in [0.25, 0.3) is 0 Å². The SMILES string of the molecule is CCn1ncc(NC(=S)Nc2cc(C)ccc2C)c1C. The summed E-state index contributed by atoms with van der Waals surface area (Å²) in [6.07, 6.45) is 1.80. The predicted molar refractivity (Wildman–Crippen MR) is 88.4 cm³/mol. The van der Waals surface area contributed by atoms with E-state index in [1.165, 1.54) is 11.1 Å². The molecule has 2 N–H and O–H groups in total. The molecule has 1 aromatic heterocycles. The highest BCUT2D eigenvalue weighted by molar-refractivity contribution is 7.80. The Morgan fingerprint density at radius 1 is 1.20 bits per heavy atom. The van der Waals surface area contributed by atoms with Crippen molar-refractivity contribution in [3.05, 3.63) is 41.2 Å². The van der Waals surface area contributed by atoms with Gasteiger partial charge in [-0.15, -0.1) is 0 Å². The first-order valence-corrected chi connectivity index (χ1v) is 7.09. The third kappa shape index (κ3) is 3.17. The van der Waals surface area contributed by atoms with E-state index in [-0.39, 0.29) is 0 Å². The van der Waals surface area contributed by atoms with E-state index in [1.54, 1.807) is 6.20 Å². The second-order valence-electron chi connectivity index (χ2n) is 4.86. The normalized spacial score (nSPS) is 10.4. The average molecular weight is 288 g/mol. The number of aromatic nitrogens is 2. The van der Waals surface area contributed by atoms with Crippen molar-refractivity contribution in [3.63, 3.8) is 0 Å². The number of anilines is 2. The van der Waals surface area contributed by atoms with Crippen LogP contribution in [0.25, 0.3) is 0 Å². The topological polar surface area (TPSA) is 41.9 Å². The Morgan fingerprint density at radius 2 is 1.90 bits per heavy atom. The zero-order chi connectivity index (χ0) is 14.7. The van der Waals surface area contributed by atoms with Gasteiger partial charge in [0.1, 0.15) is 0 Å². The van der Waals surface area contributed by atoms with Crippen molar-refractivity contribution in [2.24, 2.45) is 0 Å². The van der Waals surface area contributed by atoms with Gasteiger partial charge in [0, 0.05) is 12.2 Å². The van der Waals surface area contributed by atoms with Crippen molar-refractivity contribution in [2.75, 3.05) is 10.6 Å². The number of hydrogen-bond donors (Lipinski definition) is 2. The highest BCUT2D eigenvalue weighted by atomic mass is 32.1. The highest BCUT2D eigenvalue weighted by Gasteiger charge is 2.07. The van der Waals surface area contributed by atoms with E-state index in [0.29, 0.717) is 5.11 Å². The van der Waals surface area contributed by atoms with Gasteiger partial charge >= 0.3 is 0 Å². The second-order valence-corrected chi connectivity index (χ2v) is 5.27. The molecule has 4 nitrogen and oxygen atoms in total. The van der Waals surface area contributed by atoms with E-state index in [2.05, 4.69) is 54.7 Å². The molecule has 0 spiro atoms. The van der Waals surface area contributed by atoms with E-state index in [1.807, 2.05) is 11.6 Å². The fourth-order valence-corrected chi connectivity index (χ4v) is 2.25. The van der Waals surface area contributed by atoms with E-state index < -0.39 is 0 Å². The molecule has 1 heterocycles. The summed E-state index contributed by atoms with van der Waals surface area (Å²) in [6, 6.07) is 6.26. The molecule has 2 aromatic rings. The molecule has 0 bridgehead atoms. The van der Waals surface area contributed by atoms with Gasteiger partial charge in [0.05, 0.1) is 17.6 Å². The number of rotatable bonds is 3. The number of hydrogen-bond acceptors (Lipinski definition) is 2. The summed E-state index contributed by atoms with van der Waals surface area (Å²) >= 11 is 5.37. The fraction of sp³-hybridized carbons (Fsp3) is 0.333. The Kier molecular flexibility index (Phi) is 4.39. The van der Waals surface area contributed by atoms with Crippen LogP contribution in [0.4, 0.5) is 11.4 Å². The minimum absolute atomic E-state index is 0.581. The summed E-state index contributed by atoms with van der Waals surface area (Å²) in [7, 11) is 0. The Bertz CT molecular complexity index is 631. The molecular formula is C15H20N4S. The Hall–Kier alpha value is -1.88. The van der Waals surface area contributed by atoms with Crippen LogP contribution in [0.1, 0.15) is 23.7 Å². The van der Waals surface area contributed by atoms with Crippen molar-refractivity contribution < 1.29 is 0 Å². The van der Waals surface area contributed by atoms with Crippen LogP contribution < -0.4 is 10.6 Å². The summed E-state index contributed by atoms with van der Waals surface area (Å²) in [5.41, 5.74) is 5.42. The molecule has 0 atom stereocenters. The first-order chi connectivity index (χ1) is 9.51. The lowest BCUT2D eigenvalue weighted by Gasteiger charge is -2.13. The zero-order valence-electron chi connectivity index (χ0n) is 12.3. The number of nitrogens with zero attached hydrogens (tertiary/aromatic N) is 2. The van der Waals surface area contributed by atoms with Gasteiger partial charge in [-0.2, -0.15) is 5.10 Å². The smallest absolute Gasteiger partial charge is 0.175 e. The quantitative estimate of drug-likeness (QED) is 0.846. The third-order valence-electron chi connectivity index (χ3n) is 3.29. The minimum atomic E-state index is 0.581. The van der Waals surface area contributed by atoms with Crippen LogP contribution in [0, 0.1) is 20.8 Å². The molecule has 106 valence electrons. The van der Waals surface area contributed by atoms with Crippen LogP contribution >= 0.6 is 12.2 Å². The second kappa shape index (κ2) is 6.05. The van der Waals surface area contributed by atoms with Crippen LogP contribution in [-0.2, 0) is 6.54 Å². The standard InChI is InChI=1S/C15H20N4S/c1-5-19-12(4)14(9-16-19)18-15(20)17-13-8-10(2)6-7-11(13)3/h6-9H,5H2,1-4H3,(H2,17,18,20). The van der Waals surface area contributed by atoms with Crippen LogP contribution in [-0.4, -0.2) is 14.9 Å². The molecular weight excluding hydrogens is 268 g/mol. The van der Waals surface area contributed by atoms with Crippen molar-refractivity contribution in [3.8, 4) is 0 Å². The molecule has 1 aromatic carbocycles. The van der Waals surface area contributed by atoms with Crippen molar-refractivity contribution in [1.82, 2.24) is 9.78 Å². The average Bonchev–Trinajstić information content (AvgIpc) is 2.75.